The summed E-state index contributed by atoms with van der Waals surface area (Å²) < 4.78 is 11.1. The van der Waals surface area contributed by atoms with E-state index in [1.807, 2.05) is 39.0 Å². The highest BCUT2D eigenvalue weighted by atomic mass is 16.5. The second-order valence-corrected chi connectivity index (χ2v) is 6.34. The summed E-state index contributed by atoms with van der Waals surface area (Å²) in [5.41, 5.74) is 0.401. The Morgan fingerprint density at radius 3 is 2.90 bits per heavy atom. The molecule has 1 aromatic carbocycles. The molecule has 2 unspecified atom stereocenters. The second-order valence-electron chi connectivity index (χ2n) is 6.34. The van der Waals surface area contributed by atoms with Crippen LogP contribution in [-0.4, -0.2) is 31.0 Å². The molecular weight excluding hydrogens is 266 g/mol. The maximum Gasteiger partial charge on any atom is 0.124 e. The van der Waals surface area contributed by atoms with Crippen molar-refractivity contribution in [1.82, 2.24) is 5.32 Å². The predicted molar refractivity (Wildman–Crippen MR) is 83.9 cm³/mol. The van der Waals surface area contributed by atoms with Gasteiger partial charge in [0.05, 0.1) is 19.3 Å². The second kappa shape index (κ2) is 6.67. The molecule has 1 aromatic rings. The number of ether oxygens (including phenoxy) is 2. The Morgan fingerprint density at radius 1 is 1.48 bits per heavy atom. The Labute approximate surface area is 127 Å². The molecule has 1 aliphatic heterocycles. The van der Waals surface area contributed by atoms with E-state index in [1.165, 1.54) is 0 Å². The van der Waals surface area contributed by atoms with Gasteiger partial charge in [0, 0.05) is 18.2 Å². The van der Waals surface area contributed by atoms with Crippen LogP contribution in [0.2, 0.25) is 0 Å². The molecule has 0 saturated heterocycles. The van der Waals surface area contributed by atoms with Gasteiger partial charge in [0.1, 0.15) is 11.5 Å². The maximum atomic E-state index is 10.4. The number of hydrogen-bond donors (Lipinski definition) is 2. The van der Waals surface area contributed by atoms with Crippen molar-refractivity contribution in [3.63, 3.8) is 0 Å². The Hall–Kier alpha value is -1.26. The minimum absolute atomic E-state index is 0.183. The van der Waals surface area contributed by atoms with Gasteiger partial charge in [0.15, 0.2) is 0 Å². The van der Waals surface area contributed by atoms with Crippen LogP contribution in [0.1, 0.15) is 45.2 Å². The monoisotopic (exact) mass is 293 g/mol. The van der Waals surface area contributed by atoms with Crippen LogP contribution in [-0.2, 0) is 0 Å². The molecule has 0 aliphatic carbocycles. The number of hydrogen-bond acceptors (Lipinski definition) is 4. The highest BCUT2D eigenvalue weighted by Crippen LogP contribution is 2.34. The molecule has 4 heteroatoms. The van der Waals surface area contributed by atoms with E-state index >= 15 is 0 Å². The quantitative estimate of drug-likeness (QED) is 0.876. The van der Waals surface area contributed by atoms with Gasteiger partial charge in [-0.15, -0.1) is 0 Å². The molecule has 1 heterocycles. The lowest BCUT2D eigenvalue weighted by Crippen LogP contribution is -2.43. The first-order valence-electron chi connectivity index (χ1n) is 7.70. The van der Waals surface area contributed by atoms with E-state index in [0.717, 1.165) is 36.5 Å². The standard InChI is InChI=1S/C17H27NO3/c1-12(2)17(3,19)11-18-15-6-5-9-21-16-8-7-13(20-4)10-14(15)16/h7-8,10,12,15,18-19H,5-6,9,11H2,1-4H3. The van der Waals surface area contributed by atoms with Crippen LogP contribution in [0.5, 0.6) is 11.5 Å². The highest BCUT2D eigenvalue weighted by Gasteiger charge is 2.27. The van der Waals surface area contributed by atoms with Crippen molar-refractivity contribution < 1.29 is 14.6 Å². The van der Waals surface area contributed by atoms with E-state index in [1.54, 1.807) is 7.11 Å². The fourth-order valence-electron chi connectivity index (χ4n) is 2.43. The summed E-state index contributed by atoms with van der Waals surface area (Å²) in [6, 6.07) is 6.10. The molecule has 0 aromatic heterocycles. The van der Waals surface area contributed by atoms with E-state index in [0.29, 0.717) is 6.54 Å². The number of benzene rings is 1. The SMILES string of the molecule is COc1ccc2c(c1)C(NCC(C)(O)C(C)C)CCCO2. The molecule has 2 N–H and O–H groups in total. The summed E-state index contributed by atoms with van der Waals surface area (Å²) in [5.74, 6) is 1.95. The molecule has 2 rings (SSSR count). The van der Waals surface area contributed by atoms with Crippen LogP contribution in [0.3, 0.4) is 0 Å². The third-order valence-corrected chi connectivity index (χ3v) is 4.44. The summed E-state index contributed by atoms with van der Waals surface area (Å²) in [7, 11) is 1.67. The fourth-order valence-corrected chi connectivity index (χ4v) is 2.43. The Bertz CT molecular complexity index is 471. The molecule has 4 nitrogen and oxygen atoms in total. The summed E-state index contributed by atoms with van der Waals surface area (Å²) in [4.78, 5) is 0. The van der Waals surface area contributed by atoms with Gasteiger partial charge in [-0.25, -0.2) is 0 Å². The first-order chi connectivity index (χ1) is 9.94. The Kier molecular flexibility index (Phi) is 5.12. The smallest absolute Gasteiger partial charge is 0.124 e. The molecular formula is C17H27NO3. The van der Waals surface area contributed by atoms with Gasteiger partial charge < -0.3 is 19.9 Å². The molecule has 0 spiro atoms. The summed E-state index contributed by atoms with van der Waals surface area (Å²) in [6.45, 7) is 7.25. The van der Waals surface area contributed by atoms with Gasteiger partial charge >= 0.3 is 0 Å². The van der Waals surface area contributed by atoms with Gasteiger partial charge in [0.25, 0.3) is 0 Å². The summed E-state index contributed by atoms with van der Waals surface area (Å²) in [6.07, 6.45) is 1.99. The normalized spacial score (nSPS) is 21.1. The zero-order chi connectivity index (χ0) is 15.5. The largest absolute Gasteiger partial charge is 0.497 e. The first-order valence-corrected chi connectivity index (χ1v) is 7.70. The van der Waals surface area contributed by atoms with Crippen LogP contribution >= 0.6 is 0 Å². The molecule has 2 atom stereocenters. The lowest BCUT2D eigenvalue weighted by atomic mass is 9.91. The maximum absolute atomic E-state index is 10.4. The van der Waals surface area contributed by atoms with Crippen molar-refractivity contribution in [3.05, 3.63) is 23.8 Å². The molecule has 0 amide bonds. The third kappa shape index (κ3) is 3.89. The molecule has 0 radical (unpaired) electrons. The van der Waals surface area contributed by atoms with Crippen LogP contribution in [0.15, 0.2) is 18.2 Å². The van der Waals surface area contributed by atoms with Gasteiger partial charge in [-0.05, 0) is 43.9 Å². The van der Waals surface area contributed by atoms with Crippen molar-refractivity contribution >= 4 is 0 Å². The topological polar surface area (TPSA) is 50.7 Å². The van der Waals surface area contributed by atoms with E-state index in [4.69, 9.17) is 9.47 Å². The Morgan fingerprint density at radius 2 is 2.24 bits per heavy atom. The first kappa shape index (κ1) is 16.1. The van der Waals surface area contributed by atoms with Gasteiger partial charge in [0.2, 0.25) is 0 Å². The fraction of sp³-hybridized carbons (Fsp3) is 0.647. The molecule has 21 heavy (non-hydrogen) atoms. The minimum atomic E-state index is -0.716. The van der Waals surface area contributed by atoms with Crippen molar-refractivity contribution in [1.29, 1.82) is 0 Å². The van der Waals surface area contributed by atoms with Crippen molar-refractivity contribution in [2.45, 2.75) is 45.3 Å². The number of aliphatic hydroxyl groups is 1. The molecule has 0 saturated carbocycles. The Balaban J connectivity index is 2.17. The zero-order valence-corrected chi connectivity index (χ0v) is 13.5. The van der Waals surface area contributed by atoms with Crippen LogP contribution in [0, 0.1) is 5.92 Å². The van der Waals surface area contributed by atoms with Crippen molar-refractivity contribution in [2.75, 3.05) is 20.3 Å². The minimum Gasteiger partial charge on any atom is -0.497 e. The van der Waals surface area contributed by atoms with Crippen LogP contribution < -0.4 is 14.8 Å². The molecule has 118 valence electrons. The average molecular weight is 293 g/mol. The molecule has 0 fully saturated rings. The zero-order valence-electron chi connectivity index (χ0n) is 13.5. The van der Waals surface area contributed by atoms with Crippen molar-refractivity contribution in [3.8, 4) is 11.5 Å². The highest BCUT2D eigenvalue weighted by molar-refractivity contribution is 5.42. The number of nitrogens with one attached hydrogen (secondary N) is 1. The van der Waals surface area contributed by atoms with E-state index in [9.17, 15) is 5.11 Å². The molecule has 0 bridgehead atoms. The average Bonchev–Trinajstić information content (AvgIpc) is 2.66. The van der Waals surface area contributed by atoms with E-state index in [-0.39, 0.29) is 12.0 Å². The lowest BCUT2D eigenvalue weighted by molar-refractivity contribution is 0.0115. The van der Waals surface area contributed by atoms with Crippen molar-refractivity contribution in [2.24, 2.45) is 5.92 Å². The lowest BCUT2D eigenvalue weighted by Gasteiger charge is -2.30. The van der Waals surface area contributed by atoms with Gasteiger partial charge in [-0.1, -0.05) is 13.8 Å². The summed E-state index contributed by atoms with van der Waals surface area (Å²) in [5, 5.41) is 13.9. The van der Waals surface area contributed by atoms with E-state index in [2.05, 4.69) is 5.32 Å². The van der Waals surface area contributed by atoms with Gasteiger partial charge in [-0.2, -0.15) is 0 Å². The number of fused-ring (bicyclic) bond motifs is 1. The number of rotatable bonds is 5. The van der Waals surface area contributed by atoms with Crippen LogP contribution in [0.25, 0.3) is 0 Å². The predicted octanol–water partition coefficient (Wildman–Crippen LogP) is 2.91. The van der Waals surface area contributed by atoms with Crippen LogP contribution in [0.4, 0.5) is 0 Å². The summed E-state index contributed by atoms with van der Waals surface area (Å²) >= 11 is 0. The van der Waals surface area contributed by atoms with E-state index < -0.39 is 5.60 Å². The molecule has 1 aliphatic rings. The van der Waals surface area contributed by atoms with Gasteiger partial charge in [-0.3, -0.25) is 0 Å². The number of methoxy groups -OCH3 is 1. The third-order valence-electron chi connectivity index (χ3n) is 4.44.